The Morgan fingerprint density at radius 1 is 1.60 bits per heavy atom. The Bertz CT molecular complexity index is 312. The van der Waals surface area contributed by atoms with E-state index >= 15 is 0 Å². The van der Waals surface area contributed by atoms with E-state index in [0.717, 1.165) is 13.1 Å². The number of aliphatic hydroxyl groups excluding tert-OH is 1. The van der Waals surface area contributed by atoms with Gasteiger partial charge in [-0.3, -0.25) is 9.58 Å². The molecule has 84 valence electrons. The van der Waals surface area contributed by atoms with Crippen molar-refractivity contribution in [1.82, 2.24) is 19.9 Å². The van der Waals surface area contributed by atoms with E-state index < -0.39 is 0 Å². The van der Waals surface area contributed by atoms with Crippen LogP contribution in [0, 0.1) is 0 Å². The predicted octanol–water partition coefficient (Wildman–Crippen LogP) is 0.255. The summed E-state index contributed by atoms with van der Waals surface area (Å²) in [6, 6.07) is 0.586. The first-order chi connectivity index (χ1) is 7.33. The molecule has 0 amide bonds. The third kappa shape index (κ3) is 2.35. The number of aliphatic hydroxyl groups is 1. The van der Waals surface area contributed by atoms with E-state index in [1.807, 2.05) is 10.9 Å². The van der Waals surface area contributed by atoms with Gasteiger partial charge in [0.15, 0.2) is 0 Å². The topological polar surface area (TPSA) is 54.2 Å². The zero-order valence-corrected chi connectivity index (χ0v) is 9.13. The molecule has 0 saturated carbocycles. The van der Waals surface area contributed by atoms with E-state index in [1.165, 1.54) is 19.4 Å². The van der Waals surface area contributed by atoms with Crippen molar-refractivity contribution in [2.24, 2.45) is 0 Å². The summed E-state index contributed by atoms with van der Waals surface area (Å²) in [5, 5.41) is 16.8. The van der Waals surface area contributed by atoms with Gasteiger partial charge in [-0.1, -0.05) is 12.1 Å². The van der Waals surface area contributed by atoms with Crippen LogP contribution in [0.4, 0.5) is 0 Å². The maximum Gasteiger partial charge on any atom is 0.108 e. The fourth-order valence-electron chi connectivity index (χ4n) is 2.23. The van der Waals surface area contributed by atoms with E-state index in [-0.39, 0.29) is 6.61 Å². The van der Waals surface area contributed by atoms with Gasteiger partial charge in [0.2, 0.25) is 0 Å². The average Bonchev–Trinajstić information content (AvgIpc) is 2.87. The van der Waals surface area contributed by atoms with E-state index in [9.17, 15) is 0 Å². The van der Waals surface area contributed by atoms with Gasteiger partial charge in [-0.15, -0.1) is 5.10 Å². The van der Waals surface area contributed by atoms with Crippen molar-refractivity contribution in [3.05, 3.63) is 11.9 Å². The van der Waals surface area contributed by atoms with Gasteiger partial charge in [0.25, 0.3) is 0 Å². The van der Waals surface area contributed by atoms with Crippen LogP contribution in [0.25, 0.3) is 0 Å². The lowest BCUT2D eigenvalue weighted by Gasteiger charge is -2.22. The molecule has 0 spiro atoms. The van der Waals surface area contributed by atoms with Crippen molar-refractivity contribution in [3.63, 3.8) is 0 Å². The van der Waals surface area contributed by atoms with Gasteiger partial charge in [0.05, 0.1) is 19.3 Å². The third-order valence-electron chi connectivity index (χ3n) is 3.05. The molecule has 2 heterocycles. The number of likely N-dealkylation sites (tertiary alicyclic amines) is 1. The van der Waals surface area contributed by atoms with E-state index in [2.05, 4.69) is 22.1 Å². The summed E-state index contributed by atoms with van der Waals surface area (Å²) in [5.41, 5.74) is 0.649. The lowest BCUT2D eigenvalue weighted by atomic mass is 10.2. The van der Waals surface area contributed by atoms with Crippen LogP contribution in [0.2, 0.25) is 0 Å². The standard InChI is InChI=1S/C10H18N4O/c1-2-13-5-3-4-10(13)7-14-6-9(8-15)11-12-14/h6,10,15H,2-5,7-8H2,1H3/t10-/m1/s1. The minimum Gasteiger partial charge on any atom is -0.390 e. The summed E-state index contributed by atoms with van der Waals surface area (Å²) >= 11 is 0. The van der Waals surface area contributed by atoms with Gasteiger partial charge in [0, 0.05) is 6.04 Å². The highest BCUT2D eigenvalue weighted by Gasteiger charge is 2.23. The van der Waals surface area contributed by atoms with Crippen LogP contribution in [-0.2, 0) is 13.2 Å². The smallest absolute Gasteiger partial charge is 0.108 e. The van der Waals surface area contributed by atoms with Crippen LogP contribution in [0.15, 0.2) is 6.20 Å². The molecule has 15 heavy (non-hydrogen) atoms. The molecular weight excluding hydrogens is 192 g/mol. The van der Waals surface area contributed by atoms with Gasteiger partial charge in [-0.25, -0.2) is 0 Å². The average molecular weight is 210 g/mol. The van der Waals surface area contributed by atoms with E-state index in [4.69, 9.17) is 5.11 Å². The molecular formula is C10H18N4O. The van der Waals surface area contributed by atoms with Crippen molar-refractivity contribution in [2.75, 3.05) is 13.1 Å². The largest absolute Gasteiger partial charge is 0.390 e. The van der Waals surface area contributed by atoms with E-state index in [0.29, 0.717) is 11.7 Å². The Kier molecular flexibility index (Phi) is 3.33. The second-order valence-corrected chi connectivity index (χ2v) is 4.01. The van der Waals surface area contributed by atoms with Gasteiger partial charge in [0.1, 0.15) is 5.69 Å². The van der Waals surface area contributed by atoms with Crippen LogP contribution in [0.3, 0.4) is 0 Å². The predicted molar refractivity (Wildman–Crippen MR) is 56.2 cm³/mol. The monoisotopic (exact) mass is 210 g/mol. The number of likely N-dealkylation sites (N-methyl/N-ethyl adjacent to an activating group) is 1. The maximum absolute atomic E-state index is 8.88. The lowest BCUT2D eigenvalue weighted by molar-refractivity contribution is 0.237. The lowest BCUT2D eigenvalue weighted by Crippen LogP contribution is -2.32. The summed E-state index contributed by atoms with van der Waals surface area (Å²) in [6.45, 7) is 5.36. The molecule has 1 aromatic rings. The molecule has 1 fully saturated rings. The number of aromatic nitrogens is 3. The van der Waals surface area contributed by atoms with Crippen LogP contribution >= 0.6 is 0 Å². The van der Waals surface area contributed by atoms with Gasteiger partial charge < -0.3 is 5.11 Å². The SMILES string of the molecule is CCN1CCC[C@@H]1Cn1cc(CO)nn1. The molecule has 1 aliphatic heterocycles. The van der Waals surface area contributed by atoms with Gasteiger partial charge in [-0.05, 0) is 25.9 Å². The minimum atomic E-state index is -0.0256. The van der Waals surface area contributed by atoms with Crippen molar-refractivity contribution < 1.29 is 5.11 Å². The Morgan fingerprint density at radius 2 is 2.47 bits per heavy atom. The first-order valence-corrected chi connectivity index (χ1v) is 5.57. The molecule has 0 bridgehead atoms. The maximum atomic E-state index is 8.88. The molecule has 0 aromatic carbocycles. The number of hydrogen-bond donors (Lipinski definition) is 1. The minimum absolute atomic E-state index is 0.0256. The summed E-state index contributed by atoms with van der Waals surface area (Å²) in [4.78, 5) is 2.47. The molecule has 0 unspecified atom stereocenters. The fraction of sp³-hybridized carbons (Fsp3) is 0.800. The summed E-state index contributed by atoms with van der Waals surface area (Å²) < 4.78 is 1.84. The normalized spacial score (nSPS) is 22.4. The Balaban J connectivity index is 1.95. The van der Waals surface area contributed by atoms with Crippen molar-refractivity contribution >= 4 is 0 Å². The molecule has 5 nitrogen and oxygen atoms in total. The number of rotatable bonds is 4. The van der Waals surface area contributed by atoms with Gasteiger partial charge >= 0.3 is 0 Å². The Labute approximate surface area is 89.7 Å². The number of nitrogens with zero attached hydrogens (tertiary/aromatic N) is 4. The molecule has 5 heteroatoms. The Hall–Kier alpha value is -0.940. The highest BCUT2D eigenvalue weighted by Crippen LogP contribution is 2.17. The summed E-state index contributed by atoms with van der Waals surface area (Å²) in [5.74, 6) is 0. The molecule has 1 N–H and O–H groups in total. The third-order valence-corrected chi connectivity index (χ3v) is 3.05. The molecule has 2 rings (SSSR count). The van der Waals surface area contributed by atoms with Crippen molar-refractivity contribution in [3.8, 4) is 0 Å². The first-order valence-electron chi connectivity index (χ1n) is 5.57. The summed E-state index contributed by atoms with van der Waals surface area (Å²) in [7, 11) is 0. The zero-order valence-electron chi connectivity index (χ0n) is 9.13. The molecule has 1 aromatic heterocycles. The van der Waals surface area contributed by atoms with Crippen LogP contribution < -0.4 is 0 Å². The van der Waals surface area contributed by atoms with E-state index in [1.54, 1.807) is 0 Å². The number of hydrogen-bond acceptors (Lipinski definition) is 4. The van der Waals surface area contributed by atoms with Crippen molar-refractivity contribution in [1.29, 1.82) is 0 Å². The fourth-order valence-corrected chi connectivity index (χ4v) is 2.23. The second-order valence-electron chi connectivity index (χ2n) is 4.01. The first kappa shape index (κ1) is 10.6. The quantitative estimate of drug-likeness (QED) is 0.774. The van der Waals surface area contributed by atoms with Gasteiger partial charge in [-0.2, -0.15) is 0 Å². The molecule has 1 atom stereocenters. The zero-order chi connectivity index (χ0) is 10.7. The van der Waals surface area contributed by atoms with Crippen molar-refractivity contribution in [2.45, 2.75) is 39.0 Å². The van der Waals surface area contributed by atoms with Crippen LogP contribution in [-0.4, -0.2) is 44.1 Å². The molecule has 0 radical (unpaired) electrons. The molecule has 1 saturated heterocycles. The van der Waals surface area contributed by atoms with Crippen LogP contribution in [0.5, 0.6) is 0 Å². The highest BCUT2D eigenvalue weighted by atomic mass is 16.3. The molecule has 0 aliphatic carbocycles. The second kappa shape index (κ2) is 4.72. The Morgan fingerprint density at radius 3 is 3.13 bits per heavy atom. The highest BCUT2D eigenvalue weighted by molar-refractivity contribution is 4.90. The van der Waals surface area contributed by atoms with Crippen LogP contribution in [0.1, 0.15) is 25.5 Å². The molecule has 1 aliphatic rings. The summed E-state index contributed by atoms with van der Waals surface area (Å²) in [6.07, 6.45) is 4.34.